The molecule has 10 heteroatoms. The third-order valence-electron chi connectivity index (χ3n) is 2.51. The molecule has 3 N–H and O–H groups in total. The van der Waals surface area contributed by atoms with Crippen LogP contribution in [-0.2, 0) is 16.4 Å². The van der Waals surface area contributed by atoms with Gasteiger partial charge < -0.3 is 15.6 Å². The van der Waals surface area contributed by atoms with Gasteiger partial charge in [-0.1, -0.05) is 12.1 Å². The number of aromatic nitrogens is 2. The second-order valence-corrected chi connectivity index (χ2v) is 6.96. The Balaban J connectivity index is 2.39. The van der Waals surface area contributed by atoms with Crippen molar-refractivity contribution >= 4 is 31.9 Å². The van der Waals surface area contributed by atoms with Crippen molar-refractivity contribution in [1.29, 1.82) is 5.26 Å². The Morgan fingerprint density at radius 1 is 1.60 bits per heavy atom. The SMILES string of the molecule is CCS(=O)(=O)c1c(NCc2ncon2)sc(C#N)c1N. The van der Waals surface area contributed by atoms with Crippen LogP contribution in [0.1, 0.15) is 17.6 Å². The van der Waals surface area contributed by atoms with Crippen molar-refractivity contribution in [2.24, 2.45) is 0 Å². The van der Waals surface area contributed by atoms with Crippen LogP contribution in [0.15, 0.2) is 15.8 Å². The lowest BCUT2D eigenvalue weighted by Crippen LogP contribution is -2.09. The van der Waals surface area contributed by atoms with Gasteiger partial charge in [0.25, 0.3) is 0 Å². The minimum Gasteiger partial charge on any atom is -0.396 e. The average molecular weight is 313 g/mol. The number of nitrogens with one attached hydrogen (secondary N) is 1. The number of anilines is 2. The van der Waals surface area contributed by atoms with Gasteiger partial charge in [-0.25, -0.2) is 8.42 Å². The van der Waals surface area contributed by atoms with Crippen LogP contribution in [0.3, 0.4) is 0 Å². The Labute approximate surface area is 119 Å². The summed E-state index contributed by atoms with van der Waals surface area (Å²) in [5.74, 6) is 0.269. The number of sulfone groups is 1. The van der Waals surface area contributed by atoms with Gasteiger partial charge >= 0.3 is 0 Å². The van der Waals surface area contributed by atoms with Gasteiger partial charge in [-0.3, -0.25) is 0 Å². The van der Waals surface area contributed by atoms with E-state index in [1.807, 2.05) is 6.07 Å². The maximum atomic E-state index is 12.1. The van der Waals surface area contributed by atoms with E-state index in [0.29, 0.717) is 10.8 Å². The van der Waals surface area contributed by atoms with Crippen LogP contribution in [-0.4, -0.2) is 24.3 Å². The Bertz CT molecular complexity index is 743. The summed E-state index contributed by atoms with van der Waals surface area (Å²) in [6.07, 6.45) is 1.17. The number of nitrogens with zero attached hydrogens (tertiary/aromatic N) is 3. The first kappa shape index (κ1) is 14.3. The van der Waals surface area contributed by atoms with Gasteiger partial charge in [-0.05, 0) is 0 Å². The molecule has 0 saturated heterocycles. The molecule has 2 aromatic rings. The van der Waals surface area contributed by atoms with Gasteiger partial charge in [-0.2, -0.15) is 10.2 Å². The summed E-state index contributed by atoms with van der Waals surface area (Å²) in [5.41, 5.74) is 5.73. The maximum absolute atomic E-state index is 12.1. The molecule has 0 atom stereocenters. The zero-order valence-electron chi connectivity index (χ0n) is 10.5. The second-order valence-electron chi connectivity index (χ2n) is 3.72. The third kappa shape index (κ3) is 2.59. The van der Waals surface area contributed by atoms with Crippen molar-refractivity contribution in [1.82, 2.24) is 10.1 Å². The van der Waals surface area contributed by atoms with E-state index in [4.69, 9.17) is 11.0 Å². The van der Waals surface area contributed by atoms with E-state index < -0.39 is 9.84 Å². The Kier molecular flexibility index (Phi) is 3.91. The molecule has 20 heavy (non-hydrogen) atoms. The van der Waals surface area contributed by atoms with E-state index in [0.717, 1.165) is 11.3 Å². The molecule has 2 rings (SSSR count). The number of nitrogen functional groups attached to an aromatic ring is 1. The number of hydrogen-bond donors (Lipinski definition) is 2. The lowest BCUT2D eigenvalue weighted by molar-refractivity contribution is 0.411. The molecule has 0 radical (unpaired) electrons. The maximum Gasteiger partial charge on any atom is 0.213 e. The topological polar surface area (TPSA) is 135 Å². The van der Waals surface area contributed by atoms with Gasteiger partial charge in [0.05, 0.1) is 18.0 Å². The second kappa shape index (κ2) is 5.48. The van der Waals surface area contributed by atoms with E-state index in [2.05, 4.69) is 20.0 Å². The molecular formula is C10H11N5O3S2. The highest BCUT2D eigenvalue weighted by molar-refractivity contribution is 7.91. The molecular weight excluding hydrogens is 302 g/mol. The molecule has 0 bridgehead atoms. The number of rotatable bonds is 5. The first-order valence-corrected chi connectivity index (χ1v) is 8.00. The van der Waals surface area contributed by atoms with Crippen LogP contribution in [0.25, 0.3) is 0 Å². The summed E-state index contributed by atoms with van der Waals surface area (Å²) in [6.45, 7) is 1.69. The first-order chi connectivity index (χ1) is 9.49. The summed E-state index contributed by atoms with van der Waals surface area (Å²) in [5, 5.41) is 15.8. The van der Waals surface area contributed by atoms with Crippen LogP contribution in [0.5, 0.6) is 0 Å². The quantitative estimate of drug-likeness (QED) is 0.834. The molecule has 2 heterocycles. The van der Waals surface area contributed by atoms with Crippen LogP contribution in [0.2, 0.25) is 0 Å². The average Bonchev–Trinajstić information content (AvgIpc) is 3.03. The van der Waals surface area contributed by atoms with Crippen molar-refractivity contribution in [3.8, 4) is 6.07 Å². The molecule has 0 unspecified atom stereocenters. The fourth-order valence-electron chi connectivity index (χ4n) is 1.51. The van der Waals surface area contributed by atoms with E-state index in [1.54, 1.807) is 0 Å². The minimum atomic E-state index is -3.53. The summed E-state index contributed by atoms with van der Waals surface area (Å²) in [6, 6.07) is 1.88. The van der Waals surface area contributed by atoms with Crippen molar-refractivity contribution in [3.63, 3.8) is 0 Å². The summed E-state index contributed by atoms with van der Waals surface area (Å²) < 4.78 is 28.7. The largest absolute Gasteiger partial charge is 0.396 e. The molecule has 0 aliphatic carbocycles. The third-order valence-corrected chi connectivity index (χ3v) is 5.51. The van der Waals surface area contributed by atoms with Crippen LogP contribution >= 0.6 is 11.3 Å². The smallest absolute Gasteiger partial charge is 0.213 e. The number of nitriles is 1. The highest BCUT2D eigenvalue weighted by Crippen LogP contribution is 2.39. The molecule has 0 aliphatic heterocycles. The molecule has 0 aromatic carbocycles. The zero-order chi connectivity index (χ0) is 14.8. The van der Waals surface area contributed by atoms with E-state index >= 15 is 0 Å². The summed E-state index contributed by atoms with van der Waals surface area (Å²) >= 11 is 0.988. The van der Waals surface area contributed by atoms with Gasteiger partial charge in [-0.15, -0.1) is 11.3 Å². The van der Waals surface area contributed by atoms with Crippen molar-refractivity contribution in [2.45, 2.75) is 18.4 Å². The number of nitrogens with two attached hydrogens (primary N) is 1. The molecule has 2 aromatic heterocycles. The lowest BCUT2D eigenvalue weighted by atomic mass is 10.4. The van der Waals surface area contributed by atoms with Gasteiger partial charge in [0.2, 0.25) is 6.39 Å². The van der Waals surface area contributed by atoms with Gasteiger partial charge in [0.15, 0.2) is 15.7 Å². The normalized spacial score (nSPS) is 11.2. The van der Waals surface area contributed by atoms with Crippen LogP contribution < -0.4 is 11.1 Å². The van der Waals surface area contributed by atoms with Crippen molar-refractivity contribution in [2.75, 3.05) is 16.8 Å². The van der Waals surface area contributed by atoms with Crippen LogP contribution in [0.4, 0.5) is 10.7 Å². The van der Waals surface area contributed by atoms with Crippen molar-refractivity contribution < 1.29 is 12.9 Å². The number of thiophene rings is 1. The molecule has 0 spiro atoms. The van der Waals surface area contributed by atoms with Crippen LogP contribution in [0, 0.1) is 11.3 Å². The highest BCUT2D eigenvalue weighted by atomic mass is 32.2. The highest BCUT2D eigenvalue weighted by Gasteiger charge is 2.26. The summed E-state index contributed by atoms with van der Waals surface area (Å²) in [4.78, 5) is 3.93. The number of hydrogen-bond acceptors (Lipinski definition) is 9. The van der Waals surface area contributed by atoms with E-state index in [1.165, 1.54) is 13.3 Å². The Morgan fingerprint density at radius 3 is 2.90 bits per heavy atom. The molecule has 0 amide bonds. The monoisotopic (exact) mass is 313 g/mol. The minimum absolute atomic E-state index is 0.0186. The molecule has 0 aliphatic rings. The van der Waals surface area contributed by atoms with E-state index in [9.17, 15) is 8.42 Å². The summed E-state index contributed by atoms with van der Waals surface area (Å²) in [7, 11) is -3.53. The molecule has 8 nitrogen and oxygen atoms in total. The fraction of sp³-hybridized carbons (Fsp3) is 0.300. The predicted molar refractivity (Wildman–Crippen MR) is 72.8 cm³/mol. The fourth-order valence-corrected chi connectivity index (χ4v) is 3.97. The molecule has 106 valence electrons. The Morgan fingerprint density at radius 2 is 2.35 bits per heavy atom. The zero-order valence-corrected chi connectivity index (χ0v) is 12.1. The molecule has 0 saturated carbocycles. The van der Waals surface area contributed by atoms with E-state index in [-0.39, 0.29) is 27.8 Å². The van der Waals surface area contributed by atoms with Crippen molar-refractivity contribution in [3.05, 3.63) is 17.1 Å². The van der Waals surface area contributed by atoms with Gasteiger partial charge in [0.1, 0.15) is 20.8 Å². The lowest BCUT2D eigenvalue weighted by Gasteiger charge is -2.06. The predicted octanol–water partition coefficient (Wildman–Crippen LogP) is 0.991. The Hall–Kier alpha value is -2.12. The first-order valence-electron chi connectivity index (χ1n) is 5.53. The molecule has 0 fully saturated rings. The standard InChI is InChI=1S/C10H11N5O3S2/c1-2-20(16,17)9-8(12)6(3-11)19-10(9)13-4-7-14-5-18-15-7/h5,13H,2,4,12H2,1H3. The van der Waals surface area contributed by atoms with Gasteiger partial charge in [0, 0.05) is 0 Å².